The molecule has 0 bridgehead atoms. The molecule has 1 heterocycles. The van der Waals surface area contributed by atoms with Crippen molar-refractivity contribution in [2.45, 2.75) is 26.4 Å². The van der Waals surface area contributed by atoms with E-state index < -0.39 is 5.91 Å². The first-order chi connectivity index (χ1) is 9.43. The monoisotopic (exact) mass is 275 g/mol. The lowest BCUT2D eigenvalue weighted by atomic mass is 10.1. The molecule has 0 atom stereocenters. The van der Waals surface area contributed by atoms with Crippen LogP contribution in [-0.2, 0) is 13.1 Å². The van der Waals surface area contributed by atoms with Gasteiger partial charge < -0.3 is 20.9 Å². The highest BCUT2D eigenvalue weighted by Crippen LogP contribution is 2.25. The number of imidazole rings is 1. The quantitative estimate of drug-likeness (QED) is 0.857. The molecule has 1 aromatic carbocycles. The first kappa shape index (κ1) is 14.3. The average Bonchev–Trinajstić information content (AvgIpc) is 2.65. The van der Waals surface area contributed by atoms with Crippen molar-refractivity contribution in [1.29, 1.82) is 0 Å². The van der Waals surface area contributed by atoms with E-state index in [1.165, 1.54) is 0 Å². The highest BCUT2D eigenvalue weighted by Gasteiger charge is 2.15. The second-order valence-electron chi connectivity index (χ2n) is 5.23. The minimum atomic E-state index is -0.449. The number of hydrogen-bond donors (Lipinski definition) is 2. The van der Waals surface area contributed by atoms with E-state index in [1.54, 1.807) is 6.07 Å². The van der Waals surface area contributed by atoms with Crippen LogP contribution in [-0.4, -0.2) is 34.5 Å². The Balaban J connectivity index is 2.71. The molecule has 1 amide bonds. The van der Waals surface area contributed by atoms with Crippen LogP contribution >= 0.6 is 0 Å². The molecule has 0 fully saturated rings. The number of primary amides is 1. The number of nitrogens with zero attached hydrogens (tertiary/aromatic N) is 3. The fourth-order valence-electron chi connectivity index (χ4n) is 2.43. The summed E-state index contributed by atoms with van der Waals surface area (Å²) in [5.74, 6) is 0.0268. The zero-order valence-electron chi connectivity index (χ0n) is 12.2. The molecule has 4 N–H and O–H groups in total. The van der Waals surface area contributed by atoms with Crippen molar-refractivity contribution in [2.75, 3.05) is 19.8 Å². The van der Waals surface area contributed by atoms with Gasteiger partial charge in [0, 0.05) is 18.7 Å². The minimum Gasteiger partial charge on any atom is -0.369 e. The zero-order chi connectivity index (χ0) is 14.9. The molecule has 0 unspecified atom stereocenters. The minimum absolute atomic E-state index is 0.449. The van der Waals surface area contributed by atoms with Gasteiger partial charge in [-0.1, -0.05) is 6.92 Å². The van der Waals surface area contributed by atoms with Crippen molar-refractivity contribution in [3.63, 3.8) is 0 Å². The average molecular weight is 275 g/mol. The van der Waals surface area contributed by atoms with Gasteiger partial charge in [-0.05, 0) is 38.2 Å². The number of fused-ring (bicyclic) bond motifs is 1. The molecule has 20 heavy (non-hydrogen) atoms. The van der Waals surface area contributed by atoms with E-state index in [0.717, 1.165) is 29.6 Å². The zero-order valence-corrected chi connectivity index (χ0v) is 12.2. The summed E-state index contributed by atoms with van der Waals surface area (Å²) >= 11 is 0. The predicted molar refractivity (Wildman–Crippen MR) is 80.3 cm³/mol. The molecular weight excluding hydrogens is 254 g/mol. The van der Waals surface area contributed by atoms with Crippen LogP contribution in [0.4, 0.5) is 5.95 Å². The SMILES string of the molecule is CCCn1c(N)nc2cc(C(N)=O)cc(CN(C)C)c21. The van der Waals surface area contributed by atoms with Gasteiger partial charge in [0.05, 0.1) is 11.0 Å². The Hall–Kier alpha value is -2.08. The molecule has 0 aliphatic heterocycles. The summed E-state index contributed by atoms with van der Waals surface area (Å²) in [4.78, 5) is 17.8. The maximum atomic E-state index is 11.4. The fraction of sp³-hybridized carbons (Fsp3) is 0.429. The van der Waals surface area contributed by atoms with E-state index in [0.29, 0.717) is 18.1 Å². The van der Waals surface area contributed by atoms with Crippen molar-refractivity contribution < 1.29 is 4.79 Å². The third-order valence-corrected chi connectivity index (χ3v) is 3.17. The van der Waals surface area contributed by atoms with Gasteiger partial charge in [-0.15, -0.1) is 0 Å². The van der Waals surface area contributed by atoms with Crippen LogP contribution < -0.4 is 11.5 Å². The molecule has 108 valence electrons. The van der Waals surface area contributed by atoms with Crippen LogP contribution in [0, 0.1) is 0 Å². The third-order valence-electron chi connectivity index (χ3n) is 3.17. The number of anilines is 1. The summed E-state index contributed by atoms with van der Waals surface area (Å²) in [6.45, 7) is 3.60. The van der Waals surface area contributed by atoms with Crippen LogP contribution in [0.1, 0.15) is 29.3 Å². The van der Waals surface area contributed by atoms with Crippen molar-refractivity contribution in [1.82, 2.24) is 14.5 Å². The van der Waals surface area contributed by atoms with Gasteiger partial charge >= 0.3 is 0 Å². The Morgan fingerprint density at radius 3 is 2.65 bits per heavy atom. The lowest BCUT2D eigenvalue weighted by Gasteiger charge is -2.14. The molecular formula is C14H21N5O. The van der Waals surface area contributed by atoms with E-state index in [9.17, 15) is 4.79 Å². The Bertz CT molecular complexity index is 645. The number of amides is 1. The number of nitrogen functional groups attached to an aromatic ring is 1. The van der Waals surface area contributed by atoms with Crippen molar-refractivity contribution in [2.24, 2.45) is 5.73 Å². The molecule has 0 aliphatic rings. The van der Waals surface area contributed by atoms with Crippen LogP contribution in [0.25, 0.3) is 11.0 Å². The summed E-state index contributed by atoms with van der Waals surface area (Å²) in [5.41, 5.74) is 14.6. The van der Waals surface area contributed by atoms with Crippen LogP contribution in [0.2, 0.25) is 0 Å². The van der Waals surface area contributed by atoms with E-state index >= 15 is 0 Å². The van der Waals surface area contributed by atoms with Gasteiger partial charge in [0.15, 0.2) is 0 Å². The second-order valence-corrected chi connectivity index (χ2v) is 5.23. The molecule has 2 aromatic rings. The molecule has 0 radical (unpaired) electrons. The van der Waals surface area contributed by atoms with Gasteiger partial charge in [-0.3, -0.25) is 4.79 Å². The lowest BCUT2D eigenvalue weighted by molar-refractivity contribution is 0.1000. The normalized spacial score (nSPS) is 11.4. The number of hydrogen-bond acceptors (Lipinski definition) is 4. The topological polar surface area (TPSA) is 90.2 Å². The number of benzene rings is 1. The number of aromatic nitrogens is 2. The van der Waals surface area contributed by atoms with Gasteiger partial charge in [0.2, 0.25) is 11.9 Å². The molecule has 1 aromatic heterocycles. The van der Waals surface area contributed by atoms with Gasteiger partial charge in [-0.25, -0.2) is 4.98 Å². The third kappa shape index (κ3) is 2.60. The van der Waals surface area contributed by atoms with Crippen molar-refractivity contribution in [3.8, 4) is 0 Å². The van der Waals surface area contributed by atoms with E-state index in [4.69, 9.17) is 11.5 Å². The molecule has 2 rings (SSSR count). The molecule has 6 heteroatoms. The molecule has 6 nitrogen and oxygen atoms in total. The molecule has 0 saturated heterocycles. The number of nitrogens with two attached hydrogens (primary N) is 2. The van der Waals surface area contributed by atoms with Gasteiger partial charge in [-0.2, -0.15) is 0 Å². The van der Waals surface area contributed by atoms with E-state index in [-0.39, 0.29) is 0 Å². The highest BCUT2D eigenvalue weighted by molar-refractivity contribution is 5.97. The van der Waals surface area contributed by atoms with E-state index in [2.05, 4.69) is 11.9 Å². The molecule has 0 aliphatic carbocycles. The summed E-state index contributed by atoms with van der Waals surface area (Å²) in [7, 11) is 3.96. The predicted octanol–water partition coefficient (Wildman–Crippen LogP) is 1.19. The van der Waals surface area contributed by atoms with Crippen LogP contribution in [0.15, 0.2) is 12.1 Å². The summed E-state index contributed by atoms with van der Waals surface area (Å²) < 4.78 is 2.00. The fourth-order valence-corrected chi connectivity index (χ4v) is 2.43. The number of rotatable bonds is 5. The van der Waals surface area contributed by atoms with Crippen molar-refractivity contribution in [3.05, 3.63) is 23.3 Å². The van der Waals surface area contributed by atoms with Crippen molar-refractivity contribution >= 4 is 22.9 Å². The van der Waals surface area contributed by atoms with Crippen LogP contribution in [0.5, 0.6) is 0 Å². The highest BCUT2D eigenvalue weighted by atomic mass is 16.1. The molecule has 0 spiro atoms. The smallest absolute Gasteiger partial charge is 0.248 e. The standard InChI is InChI=1S/C14H21N5O/c1-4-5-19-12-10(8-18(2)3)6-9(13(15)20)7-11(12)17-14(19)16/h6-7H,4-5,8H2,1-3H3,(H2,15,20)(H2,16,17). The Morgan fingerprint density at radius 1 is 1.40 bits per heavy atom. The number of aryl methyl sites for hydroxylation is 1. The Kier molecular flexibility index (Phi) is 3.94. The largest absolute Gasteiger partial charge is 0.369 e. The maximum Gasteiger partial charge on any atom is 0.248 e. The first-order valence-corrected chi connectivity index (χ1v) is 6.67. The summed E-state index contributed by atoms with van der Waals surface area (Å²) in [5, 5.41) is 0. The Morgan fingerprint density at radius 2 is 2.10 bits per heavy atom. The Labute approximate surface area is 118 Å². The summed E-state index contributed by atoms with van der Waals surface area (Å²) in [6.07, 6.45) is 0.967. The number of carbonyl (C=O) groups excluding carboxylic acids is 1. The van der Waals surface area contributed by atoms with Crippen LogP contribution in [0.3, 0.4) is 0 Å². The number of carbonyl (C=O) groups is 1. The van der Waals surface area contributed by atoms with Gasteiger partial charge in [0.25, 0.3) is 0 Å². The first-order valence-electron chi connectivity index (χ1n) is 6.67. The van der Waals surface area contributed by atoms with Gasteiger partial charge in [0.1, 0.15) is 0 Å². The second kappa shape index (κ2) is 5.50. The maximum absolute atomic E-state index is 11.4. The van der Waals surface area contributed by atoms with E-state index in [1.807, 2.05) is 29.6 Å². The summed E-state index contributed by atoms with van der Waals surface area (Å²) in [6, 6.07) is 3.54. The molecule has 0 saturated carbocycles. The lowest BCUT2D eigenvalue weighted by Crippen LogP contribution is -2.15.